The second kappa shape index (κ2) is 6.90. The van der Waals surface area contributed by atoms with Crippen LogP contribution in [0.1, 0.15) is 42.7 Å². The van der Waals surface area contributed by atoms with Gasteiger partial charge in [0.25, 0.3) is 0 Å². The number of rotatable bonds is 4. The molecule has 0 spiro atoms. The SMILES string of the molecule is O=C(OCC1c2ccccc2-c2ccccc21)N1CCC(C(=O)O)(C2CC2)CC1. The van der Waals surface area contributed by atoms with Gasteiger partial charge in [0, 0.05) is 19.0 Å². The Bertz CT molecular complexity index is 911. The first-order chi connectivity index (χ1) is 14.1. The maximum atomic E-state index is 12.7. The zero-order valence-electron chi connectivity index (χ0n) is 16.3. The lowest BCUT2D eigenvalue weighted by atomic mass is 9.74. The predicted octanol–water partition coefficient (Wildman–Crippen LogP) is 4.51. The molecule has 2 fully saturated rings. The molecule has 1 N–H and O–H groups in total. The maximum Gasteiger partial charge on any atom is 0.409 e. The average molecular weight is 391 g/mol. The van der Waals surface area contributed by atoms with Gasteiger partial charge in [-0.25, -0.2) is 4.79 Å². The molecule has 0 aromatic heterocycles. The summed E-state index contributed by atoms with van der Waals surface area (Å²) in [6, 6.07) is 16.5. The Kier molecular flexibility index (Phi) is 4.34. The third-order valence-corrected chi connectivity index (χ3v) is 7.03. The van der Waals surface area contributed by atoms with Crippen molar-refractivity contribution in [1.82, 2.24) is 4.90 Å². The van der Waals surface area contributed by atoms with Crippen LogP contribution >= 0.6 is 0 Å². The number of hydrogen-bond acceptors (Lipinski definition) is 3. The first-order valence-corrected chi connectivity index (χ1v) is 10.4. The number of amides is 1. The molecule has 29 heavy (non-hydrogen) atoms. The molecular formula is C24H25NO4. The molecule has 5 rings (SSSR count). The van der Waals surface area contributed by atoms with Gasteiger partial charge in [-0.1, -0.05) is 48.5 Å². The van der Waals surface area contributed by atoms with Crippen molar-refractivity contribution < 1.29 is 19.4 Å². The molecule has 3 aliphatic rings. The van der Waals surface area contributed by atoms with Crippen LogP contribution in [0.15, 0.2) is 48.5 Å². The summed E-state index contributed by atoms with van der Waals surface area (Å²) in [4.78, 5) is 26.2. The lowest BCUT2D eigenvalue weighted by molar-refractivity contribution is -0.153. The Hall–Kier alpha value is -2.82. The van der Waals surface area contributed by atoms with Crippen molar-refractivity contribution >= 4 is 12.1 Å². The van der Waals surface area contributed by atoms with E-state index in [-0.39, 0.29) is 17.9 Å². The van der Waals surface area contributed by atoms with Crippen LogP contribution in [0.3, 0.4) is 0 Å². The third kappa shape index (κ3) is 3.00. The molecule has 2 aromatic carbocycles. The van der Waals surface area contributed by atoms with E-state index in [9.17, 15) is 14.7 Å². The van der Waals surface area contributed by atoms with Gasteiger partial charge in [-0.3, -0.25) is 4.79 Å². The number of likely N-dealkylation sites (tertiary alicyclic amines) is 1. The van der Waals surface area contributed by atoms with Crippen molar-refractivity contribution in [1.29, 1.82) is 0 Å². The topological polar surface area (TPSA) is 66.8 Å². The third-order valence-electron chi connectivity index (χ3n) is 7.03. The van der Waals surface area contributed by atoms with Crippen molar-refractivity contribution in [3.63, 3.8) is 0 Å². The summed E-state index contributed by atoms with van der Waals surface area (Å²) in [5.74, 6) is -0.377. The Morgan fingerprint density at radius 1 is 0.966 bits per heavy atom. The van der Waals surface area contributed by atoms with Gasteiger partial charge in [0.2, 0.25) is 0 Å². The summed E-state index contributed by atoms with van der Waals surface area (Å²) in [6.07, 6.45) is 2.71. The Morgan fingerprint density at radius 3 is 2.03 bits per heavy atom. The molecule has 5 heteroatoms. The highest BCUT2D eigenvalue weighted by atomic mass is 16.6. The summed E-state index contributed by atoms with van der Waals surface area (Å²) >= 11 is 0. The maximum absolute atomic E-state index is 12.7. The Morgan fingerprint density at radius 2 is 1.52 bits per heavy atom. The van der Waals surface area contributed by atoms with Crippen molar-refractivity contribution in [3.05, 3.63) is 59.7 Å². The van der Waals surface area contributed by atoms with Crippen LogP contribution in [0.25, 0.3) is 11.1 Å². The summed E-state index contributed by atoms with van der Waals surface area (Å²) < 4.78 is 5.72. The van der Waals surface area contributed by atoms with Crippen LogP contribution in [0.5, 0.6) is 0 Å². The van der Waals surface area contributed by atoms with Crippen molar-refractivity contribution in [2.75, 3.05) is 19.7 Å². The normalized spacial score (nSPS) is 20.1. The molecule has 0 atom stereocenters. The molecule has 150 valence electrons. The number of nitrogens with zero attached hydrogens (tertiary/aromatic N) is 1. The molecule has 1 amide bonds. The molecule has 0 radical (unpaired) electrons. The second-order valence-corrected chi connectivity index (χ2v) is 8.53. The molecule has 1 heterocycles. The average Bonchev–Trinajstić information content (AvgIpc) is 3.56. The van der Waals surface area contributed by atoms with Crippen molar-refractivity contribution in [2.45, 2.75) is 31.6 Å². The zero-order chi connectivity index (χ0) is 20.0. The number of benzene rings is 2. The van der Waals surface area contributed by atoms with Crippen LogP contribution in [-0.4, -0.2) is 41.8 Å². The predicted molar refractivity (Wildman–Crippen MR) is 109 cm³/mol. The first kappa shape index (κ1) is 18.2. The van der Waals surface area contributed by atoms with E-state index in [4.69, 9.17) is 4.74 Å². The summed E-state index contributed by atoms with van der Waals surface area (Å²) in [7, 11) is 0. The molecule has 2 aliphatic carbocycles. The van der Waals surface area contributed by atoms with E-state index in [1.807, 2.05) is 24.3 Å². The smallest absolute Gasteiger partial charge is 0.409 e. The summed E-state index contributed by atoms with van der Waals surface area (Å²) in [6.45, 7) is 1.22. The van der Waals surface area contributed by atoms with Gasteiger partial charge in [-0.2, -0.15) is 0 Å². The monoisotopic (exact) mass is 391 g/mol. The van der Waals surface area contributed by atoms with E-state index in [0.29, 0.717) is 32.5 Å². The number of fused-ring (bicyclic) bond motifs is 3. The highest BCUT2D eigenvalue weighted by molar-refractivity contribution is 5.79. The molecular weight excluding hydrogens is 366 g/mol. The van der Waals surface area contributed by atoms with E-state index in [1.54, 1.807) is 4.90 Å². The molecule has 1 saturated heterocycles. The van der Waals surface area contributed by atoms with Gasteiger partial charge in [-0.15, -0.1) is 0 Å². The van der Waals surface area contributed by atoms with Gasteiger partial charge < -0.3 is 14.7 Å². The summed E-state index contributed by atoms with van der Waals surface area (Å²) in [5, 5.41) is 9.72. The van der Waals surface area contributed by atoms with Gasteiger partial charge in [0.15, 0.2) is 0 Å². The largest absolute Gasteiger partial charge is 0.481 e. The molecule has 5 nitrogen and oxygen atoms in total. The van der Waals surface area contributed by atoms with Gasteiger partial charge in [0.1, 0.15) is 6.61 Å². The fraction of sp³-hybridized carbons (Fsp3) is 0.417. The lowest BCUT2D eigenvalue weighted by Crippen LogP contribution is -2.48. The molecule has 2 aromatic rings. The van der Waals surface area contributed by atoms with Crippen LogP contribution in [0, 0.1) is 11.3 Å². The van der Waals surface area contributed by atoms with Crippen LogP contribution < -0.4 is 0 Å². The van der Waals surface area contributed by atoms with E-state index < -0.39 is 11.4 Å². The number of carbonyl (C=O) groups is 2. The number of carboxylic acid groups (broad SMARTS) is 1. The molecule has 1 aliphatic heterocycles. The fourth-order valence-electron chi connectivity index (χ4n) is 5.21. The standard InChI is InChI=1S/C24H25NO4/c26-22(27)24(16-9-10-16)11-13-25(14-12-24)23(28)29-15-21-19-7-3-1-5-17(19)18-6-2-4-8-20(18)21/h1-8,16,21H,9-15H2,(H,26,27). The quantitative estimate of drug-likeness (QED) is 0.833. The lowest BCUT2D eigenvalue weighted by Gasteiger charge is -2.38. The molecule has 0 unspecified atom stereocenters. The number of hydrogen-bond donors (Lipinski definition) is 1. The minimum absolute atomic E-state index is 0.0423. The van der Waals surface area contributed by atoms with E-state index >= 15 is 0 Å². The first-order valence-electron chi connectivity index (χ1n) is 10.4. The summed E-state index contributed by atoms with van der Waals surface area (Å²) in [5.41, 5.74) is 4.16. The number of ether oxygens (including phenoxy) is 1. The van der Waals surface area contributed by atoms with Crippen molar-refractivity contribution in [3.8, 4) is 11.1 Å². The van der Waals surface area contributed by atoms with Crippen molar-refractivity contribution in [2.24, 2.45) is 11.3 Å². The second-order valence-electron chi connectivity index (χ2n) is 8.53. The van der Waals surface area contributed by atoms with E-state index in [0.717, 1.165) is 12.8 Å². The molecule has 1 saturated carbocycles. The van der Waals surface area contributed by atoms with Gasteiger partial charge in [0.05, 0.1) is 5.41 Å². The Labute approximate surface area is 170 Å². The number of aliphatic carboxylic acids is 1. The zero-order valence-corrected chi connectivity index (χ0v) is 16.3. The Balaban J connectivity index is 1.26. The van der Waals surface area contributed by atoms with Crippen LogP contribution in [-0.2, 0) is 9.53 Å². The van der Waals surface area contributed by atoms with Gasteiger partial charge in [-0.05, 0) is 53.9 Å². The number of carboxylic acids is 1. The van der Waals surface area contributed by atoms with Gasteiger partial charge >= 0.3 is 12.1 Å². The highest BCUT2D eigenvalue weighted by Crippen LogP contribution is 2.52. The number of carbonyl (C=O) groups excluding carboxylic acids is 1. The van der Waals surface area contributed by atoms with Crippen LogP contribution in [0.4, 0.5) is 4.79 Å². The van der Waals surface area contributed by atoms with E-state index in [1.165, 1.54) is 22.3 Å². The number of piperidine rings is 1. The molecule has 0 bridgehead atoms. The van der Waals surface area contributed by atoms with Crippen LogP contribution in [0.2, 0.25) is 0 Å². The minimum Gasteiger partial charge on any atom is -0.481 e. The fourth-order valence-corrected chi connectivity index (χ4v) is 5.21. The minimum atomic E-state index is -0.702. The highest BCUT2D eigenvalue weighted by Gasteiger charge is 2.52. The van der Waals surface area contributed by atoms with E-state index in [2.05, 4.69) is 24.3 Å².